The standard InChI is InChI=1S/C16H23N3O/c1-4-5-12(10-17)15(20)19-14-8-6-13(7-9-14)16(2,3)11-18/h6-9,12H,4-5,10,17H2,1-3H3,(H,19,20). The molecule has 0 fully saturated rings. The topological polar surface area (TPSA) is 78.9 Å². The Labute approximate surface area is 121 Å². The number of benzene rings is 1. The summed E-state index contributed by atoms with van der Waals surface area (Å²) in [6, 6.07) is 9.65. The quantitative estimate of drug-likeness (QED) is 0.836. The van der Waals surface area contributed by atoms with Gasteiger partial charge in [0.2, 0.25) is 5.91 Å². The van der Waals surface area contributed by atoms with Gasteiger partial charge < -0.3 is 11.1 Å². The fourth-order valence-electron chi connectivity index (χ4n) is 1.98. The summed E-state index contributed by atoms with van der Waals surface area (Å²) in [4.78, 5) is 12.0. The second-order valence-corrected chi connectivity index (χ2v) is 5.52. The molecule has 0 saturated heterocycles. The maximum atomic E-state index is 12.0. The van der Waals surface area contributed by atoms with Crippen molar-refractivity contribution in [2.75, 3.05) is 11.9 Å². The number of amides is 1. The first kappa shape index (κ1) is 16.2. The highest BCUT2D eigenvalue weighted by Gasteiger charge is 2.20. The molecular formula is C16H23N3O. The molecule has 4 nitrogen and oxygen atoms in total. The van der Waals surface area contributed by atoms with Crippen LogP contribution in [0.1, 0.15) is 39.2 Å². The van der Waals surface area contributed by atoms with Crippen LogP contribution in [0.4, 0.5) is 5.69 Å². The van der Waals surface area contributed by atoms with Crippen molar-refractivity contribution in [3.63, 3.8) is 0 Å². The smallest absolute Gasteiger partial charge is 0.228 e. The number of anilines is 1. The SMILES string of the molecule is CCCC(CN)C(=O)Nc1ccc(C(C)(C)C#N)cc1. The van der Waals surface area contributed by atoms with Crippen molar-refractivity contribution < 1.29 is 4.79 Å². The Morgan fingerprint density at radius 3 is 2.45 bits per heavy atom. The maximum absolute atomic E-state index is 12.0. The number of nitrogens with zero attached hydrogens (tertiary/aromatic N) is 1. The molecule has 108 valence electrons. The Morgan fingerprint density at radius 1 is 1.40 bits per heavy atom. The van der Waals surface area contributed by atoms with E-state index in [0.29, 0.717) is 6.54 Å². The monoisotopic (exact) mass is 273 g/mol. The molecule has 0 aliphatic rings. The lowest BCUT2D eigenvalue weighted by Crippen LogP contribution is -2.29. The molecule has 0 bridgehead atoms. The fraction of sp³-hybridized carbons (Fsp3) is 0.500. The van der Waals surface area contributed by atoms with E-state index in [1.54, 1.807) is 0 Å². The third-order valence-electron chi connectivity index (χ3n) is 3.45. The molecule has 1 unspecified atom stereocenters. The molecule has 1 rings (SSSR count). The van der Waals surface area contributed by atoms with E-state index in [4.69, 9.17) is 11.0 Å². The molecule has 0 radical (unpaired) electrons. The summed E-state index contributed by atoms with van der Waals surface area (Å²) in [5.41, 5.74) is 6.76. The molecule has 0 aromatic heterocycles. The molecule has 20 heavy (non-hydrogen) atoms. The fourth-order valence-corrected chi connectivity index (χ4v) is 1.98. The number of rotatable bonds is 6. The molecule has 1 amide bonds. The second-order valence-electron chi connectivity index (χ2n) is 5.52. The van der Waals surface area contributed by atoms with Gasteiger partial charge in [-0.3, -0.25) is 4.79 Å². The number of carbonyl (C=O) groups is 1. The number of hydrogen-bond donors (Lipinski definition) is 2. The zero-order valence-electron chi connectivity index (χ0n) is 12.4. The van der Waals surface area contributed by atoms with Crippen molar-refractivity contribution >= 4 is 11.6 Å². The van der Waals surface area contributed by atoms with Crippen LogP contribution in [-0.2, 0) is 10.2 Å². The lowest BCUT2D eigenvalue weighted by Gasteiger charge is -2.17. The molecule has 0 aliphatic carbocycles. The Bertz CT molecular complexity index is 485. The van der Waals surface area contributed by atoms with Crippen LogP contribution in [0.15, 0.2) is 24.3 Å². The zero-order valence-corrected chi connectivity index (χ0v) is 12.4. The van der Waals surface area contributed by atoms with Crippen molar-refractivity contribution in [1.82, 2.24) is 0 Å². The summed E-state index contributed by atoms with van der Waals surface area (Å²) in [7, 11) is 0. The van der Waals surface area contributed by atoms with E-state index in [0.717, 1.165) is 24.1 Å². The summed E-state index contributed by atoms with van der Waals surface area (Å²) in [5, 5.41) is 12.0. The van der Waals surface area contributed by atoms with Crippen molar-refractivity contribution in [2.45, 2.75) is 39.0 Å². The molecule has 0 spiro atoms. The van der Waals surface area contributed by atoms with Gasteiger partial charge in [0.05, 0.1) is 17.4 Å². The van der Waals surface area contributed by atoms with Gasteiger partial charge in [0, 0.05) is 12.2 Å². The van der Waals surface area contributed by atoms with E-state index in [-0.39, 0.29) is 11.8 Å². The van der Waals surface area contributed by atoms with Crippen LogP contribution in [0.5, 0.6) is 0 Å². The van der Waals surface area contributed by atoms with Gasteiger partial charge >= 0.3 is 0 Å². The highest BCUT2D eigenvalue weighted by atomic mass is 16.1. The van der Waals surface area contributed by atoms with E-state index < -0.39 is 5.41 Å². The largest absolute Gasteiger partial charge is 0.330 e. The number of nitrogens with one attached hydrogen (secondary N) is 1. The highest BCUT2D eigenvalue weighted by molar-refractivity contribution is 5.92. The van der Waals surface area contributed by atoms with E-state index >= 15 is 0 Å². The van der Waals surface area contributed by atoms with E-state index in [1.807, 2.05) is 45.0 Å². The van der Waals surface area contributed by atoms with Crippen LogP contribution in [-0.4, -0.2) is 12.5 Å². The molecular weight excluding hydrogens is 250 g/mol. The van der Waals surface area contributed by atoms with Crippen molar-refractivity contribution in [1.29, 1.82) is 5.26 Å². The van der Waals surface area contributed by atoms with E-state index in [9.17, 15) is 4.79 Å². The number of carbonyl (C=O) groups excluding carboxylic acids is 1. The third-order valence-corrected chi connectivity index (χ3v) is 3.45. The maximum Gasteiger partial charge on any atom is 0.228 e. The van der Waals surface area contributed by atoms with Crippen molar-refractivity contribution in [3.05, 3.63) is 29.8 Å². The third kappa shape index (κ3) is 4.07. The van der Waals surface area contributed by atoms with E-state index in [1.165, 1.54) is 0 Å². The van der Waals surface area contributed by atoms with E-state index in [2.05, 4.69) is 11.4 Å². The van der Waals surface area contributed by atoms with Gasteiger partial charge in [-0.25, -0.2) is 0 Å². The first-order valence-corrected chi connectivity index (χ1v) is 6.97. The van der Waals surface area contributed by atoms with Gasteiger partial charge in [-0.2, -0.15) is 5.26 Å². The van der Waals surface area contributed by atoms with Gasteiger partial charge in [0.15, 0.2) is 0 Å². The summed E-state index contributed by atoms with van der Waals surface area (Å²) in [6.07, 6.45) is 1.73. The molecule has 1 atom stereocenters. The van der Waals surface area contributed by atoms with Gasteiger partial charge in [-0.15, -0.1) is 0 Å². The lowest BCUT2D eigenvalue weighted by molar-refractivity contribution is -0.119. The zero-order chi connectivity index (χ0) is 15.2. The molecule has 0 saturated carbocycles. The first-order chi connectivity index (χ1) is 9.44. The van der Waals surface area contributed by atoms with Gasteiger partial charge in [0.25, 0.3) is 0 Å². The summed E-state index contributed by atoms with van der Waals surface area (Å²) in [5.74, 6) is -0.183. The van der Waals surface area contributed by atoms with Crippen LogP contribution >= 0.6 is 0 Å². The predicted octanol–water partition coefficient (Wildman–Crippen LogP) is 2.80. The summed E-state index contributed by atoms with van der Waals surface area (Å²) in [6.45, 7) is 6.13. The van der Waals surface area contributed by atoms with Crippen LogP contribution in [0.3, 0.4) is 0 Å². The van der Waals surface area contributed by atoms with Crippen molar-refractivity contribution in [3.8, 4) is 6.07 Å². The first-order valence-electron chi connectivity index (χ1n) is 6.97. The number of nitrogens with two attached hydrogens (primary N) is 1. The molecule has 1 aromatic carbocycles. The minimum atomic E-state index is -0.523. The lowest BCUT2D eigenvalue weighted by atomic mass is 9.86. The summed E-state index contributed by atoms with van der Waals surface area (Å²) < 4.78 is 0. The minimum absolute atomic E-state index is 0.0401. The van der Waals surface area contributed by atoms with Gasteiger partial charge in [-0.1, -0.05) is 25.5 Å². The van der Waals surface area contributed by atoms with Crippen LogP contribution in [0.2, 0.25) is 0 Å². The summed E-state index contributed by atoms with van der Waals surface area (Å²) >= 11 is 0. The van der Waals surface area contributed by atoms with Crippen LogP contribution in [0, 0.1) is 17.2 Å². The van der Waals surface area contributed by atoms with Crippen LogP contribution in [0.25, 0.3) is 0 Å². The molecule has 0 aliphatic heterocycles. The van der Waals surface area contributed by atoms with Gasteiger partial charge in [-0.05, 0) is 38.0 Å². The number of hydrogen-bond acceptors (Lipinski definition) is 3. The Hall–Kier alpha value is -1.86. The molecule has 1 aromatic rings. The average Bonchev–Trinajstić information content (AvgIpc) is 2.45. The Morgan fingerprint density at radius 2 is 2.00 bits per heavy atom. The molecule has 0 heterocycles. The second kappa shape index (κ2) is 7.06. The number of nitriles is 1. The van der Waals surface area contributed by atoms with Gasteiger partial charge in [0.1, 0.15) is 0 Å². The highest BCUT2D eigenvalue weighted by Crippen LogP contribution is 2.23. The Balaban J connectivity index is 2.76. The Kier molecular flexibility index (Phi) is 5.72. The van der Waals surface area contributed by atoms with Crippen molar-refractivity contribution in [2.24, 2.45) is 11.7 Å². The average molecular weight is 273 g/mol. The predicted molar refractivity (Wildman–Crippen MR) is 81.2 cm³/mol. The van der Waals surface area contributed by atoms with Crippen LogP contribution < -0.4 is 11.1 Å². The minimum Gasteiger partial charge on any atom is -0.330 e. The molecule has 3 N–H and O–H groups in total. The normalized spacial score (nSPS) is 12.6. The molecule has 4 heteroatoms.